The summed E-state index contributed by atoms with van der Waals surface area (Å²) in [4.78, 5) is 120. The molecule has 73 heavy (non-hydrogen) atoms. The number of aliphatic carboxylic acids is 1. The Morgan fingerprint density at radius 1 is 0.658 bits per heavy atom. The molecule has 0 unspecified atom stereocenters. The number of pyridine rings is 1. The van der Waals surface area contributed by atoms with Gasteiger partial charge in [-0.15, -0.1) is 0 Å². The van der Waals surface area contributed by atoms with Crippen molar-refractivity contribution >= 4 is 53.3 Å². The molecule has 22 heteroatoms. The van der Waals surface area contributed by atoms with Crippen LogP contribution in [-0.4, -0.2) is 148 Å². The Morgan fingerprint density at radius 3 is 1.79 bits per heavy atom. The number of unbranched alkanes of at least 4 members (excludes halogenated alkanes) is 1. The number of hydrogen-bond donors (Lipinski definition) is 10. The second-order valence-corrected chi connectivity index (χ2v) is 18.4. The molecule has 22 nitrogen and oxygen atoms in total. The number of aliphatic imine (C=N–C) groups is 1. The molecule has 13 N–H and O–H groups in total. The van der Waals surface area contributed by atoms with Gasteiger partial charge in [-0.2, -0.15) is 0 Å². The topological polar surface area (TPSA) is 347 Å². The van der Waals surface area contributed by atoms with E-state index in [9.17, 15) is 43.5 Å². The molecule has 398 valence electrons. The number of nitrogens with one attached hydrogen (secondary N) is 5. The van der Waals surface area contributed by atoms with Crippen LogP contribution in [-0.2, 0) is 57.6 Å². The van der Waals surface area contributed by atoms with Gasteiger partial charge in [-0.25, -0.2) is 0 Å². The molecule has 0 radical (unpaired) electrons. The molecule has 0 aliphatic rings. The average Bonchev–Trinajstić information content (AvgIpc) is 3.36. The van der Waals surface area contributed by atoms with Crippen molar-refractivity contribution in [1.29, 1.82) is 0 Å². The Balaban J connectivity index is 1.89. The highest BCUT2D eigenvalue weighted by atomic mass is 16.4. The zero-order valence-corrected chi connectivity index (χ0v) is 42.6. The maximum Gasteiger partial charge on any atom is 0.322 e. The van der Waals surface area contributed by atoms with Crippen molar-refractivity contribution in [2.24, 2.45) is 28.1 Å². The van der Waals surface area contributed by atoms with Crippen molar-refractivity contribution < 1.29 is 48.6 Å². The second kappa shape index (κ2) is 30.3. The molecule has 0 saturated heterocycles. The first-order valence-electron chi connectivity index (χ1n) is 24.4. The number of guanidine groups is 1. The van der Waals surface area contributed by atoms with Crippen molar-refractivity contribution in [3.05, 3.63) is 95.8 Å². The fourth-order valence-electron chi connectivity index (χ4n) is 7.73. The largest absolute Gasteiger partial charge is 0.508 e. The van der Waals surface area contributed by atoms with Crippen LogP contribution in [0.5, 0.6) is 5.75 Å². The number of carboxylic acid groups (broad SMARTS) is 1. The summed E-state index contributed by atoms with van der Waals surface area (Å²) in [6.07, 6.45) is 4.89. The Hall–Kier alpha value is -7.62. The minimum absolute atomic E-state index is 0.0213. The standard InChI is InChI=1S/C51H74N12O10/c1-7-8-17-39(59-48(71)42(25-31(2)3)63(6)50(73)40(27-33-14-10-9-11-15-33)60-45(68)37(52)26-34-19-21-36(64)22-20-34)47(70)61-41(28-35-16-12-23-55-29-35)49(72)62(5)32(4)44(67)58-38(18-13-24-56-51(53)54)46(69)57-30-43(65)66/h9-12,14-16,19-23,29,31-32,37-42,64H,7-8,13,17-18,24-28,30,52H2,1-6H3,(H,57,69)(H,58,67)(H,59,71)(H,60,68)(H,61,70)(H,65,66)(H4,53,54,56)/t32-,37-,38-,39-,40-,41-,42-/m0/s1. The molecule has 0 aliphatic carbocycles. The third-order valence-electron chi connectivity index (χ3n) is 12.0. The van der Waals surface area contributed by atoms with Crippen molar-refractivity contribution in [3.63, 3.8) is 0 Å². The third kappa shape index (κ3) is 20.6. The van der Waals surface area contributed by atoms with Crippen LogP contribution in [0.15, 0.2) is 84.1 Å². The van der Waals surface area contributed by atoms with Crippen molar-refractivity contribution in [3.8, 4) is 5.75 Å². The fraction of sp³-hybridized carbons (Fsp3) is 0.490. The number of amides is 7. The smallest absolute Gasteiger partial charge is 0.322 e. The number of aromatic hydroxyl groups is 1. The summed E-state index contributed by atoms with van der Waals surface area (Å²) in [6, 6.07) is 10.4. The van der Waals surface area contributed by atoms with Gasteiger partial charge in [-0.05, 0) is 79.8 Å². The Bertz CT molecular complexity index is 2320. The minimum atomic E-state index is -1.30. The van der Waals surface area contributed by atoms with Crippen LogP contribution in [0.2, 0.25) is 0 Å². The summed E-state index contributed by atoms with van der Waals surface area (Å²) in [6.45, 7) is 6.49. The highest BCUT2D eigenvalue weighted by Gasteiger charge is 2.37. The summed E-state index contributed by atoms with van der Waals surface area (Å²) in [7, 11) is 2.81. The van der Waals surface area contributed by atoms with Crippen LogP contribution < -0.4 is 43.8 Å². The van der Waals surface area contributed by atoms with Gasteiger partial charge in [0.15, 0.2) is 5.96 Å². The summed E-state index contributed by atoms with van der Waals surface area (Å²) < 4.78 is 0. The quantitative estimate of drug-likeness (QED) is 0.0243. The summed E-state index contributed by atoms with van der Waals surface area (Å²) in [5.41, 5.74) is 19.1. The Morgan fingerprint density at radius 2 is 1.21 bits per heavy atom. The van der Waals surface area contributed by atoms with E-state index in [1.165, 1.54) is 50.4 Å². The van der Waals surface area contributed by atoms with Gasteiger partial charge >= 0.3 is 5.97 Å². The van der Waals surface area contributed by atoms with Gasteiger partial charge in [0, 0.05) is 45.9 Å². The number of carbonyl (C=O) groups excluding carboxylic acids is 7. The molecule has 1 heterocycles. The van der Waals surface area contributed by atoms with Crippen molar-refractivity contribution in [1.82, 2.24) is 41.4 Å². The molecule has 0 aliphatic heterocycles. The van der Waals surface area contributed by atoms with E-state index in [1.54, 1.807) is 48.5 Å². The summed E-state index contributed by atoms with van der Waals surface area (Å²) in [5.74, 6) is -6.31. The van der Waals surface area contributed by atoms with Crippen LogP contribution >= 0.6 is 0 Å². The highest BCUT2D eigenvalue weighted by Crippen LogP contribution is 2.17. The molecule has 1 aromatic heterocycles. The van der Waals surface area contributed by atoms with Gasteiger partial charge < -0.3 is 63.8 Å². The molecule has 0 fully saturated rings. The molecular weight excluding hydrogens is 941 g/mol. The van der Waals surface area contributed by atoms with Gasteiger partial charge in [0.05, 0.1) is 6.04 Å². The summed E-state index contributed by atoms with van der Waals surface area (Å²) in [5, 5.41) is 32.1. The SMILES string of the molecule is CCCC[C@H](NC(=O)[C@H](CC(C)C)N(C)C(=O)[C@H](Cc1ccccc1)NC(=O)[C@@H](N)Cc1ccc(O)cc1)C(=O)N[C@@H](Cc1cccnc1)C(=O)N(C)[C@@H](C)C(=O)N[C@@H](CCCN=C(N)N)C(=O)NCC(=O)O. The van der Waals surface area contributed by atoms with Crippen LogP contribution in [0.25, 0.3) is 0 Å². The molecule has 3 rings (SSSR count). The number of hydrogen-bond acceptors (Lipinski definition) is 12. The van der Waals surface area contributed by atoms with Crippen LogP contribution in [0, 0.1) is 5.92 Å². The number of phenols is 1. The first kappa shape index (κ1) is 59.7. The molecule has 7 amide bonds. The molecule has 0 spiro atoms. The zero-order chi connectivity index (χ0) is 54.2. The molecule has 0 bridgehead atoms. The fourth-order valence-corrected chi connectivity index (χ4v) is 7.73. The van der Waals surface area contributed by atoms with E-state index in [2.05, 4.69) is 36.6 Å². The lowest BCUT2D eigenvalue weighted by Crippen LogP contribution is -2.60. The monoisotopic (exact) mass is 1010 g/mol. The Labute approximate surface area is 426 Å². The lowest BCUT2D eigenvalue weighted by Gasteiger charge is -2.34. The van der Waals surface area contributed by atoms with E-state index >= 15 is 0 Å². The maximum absolute atomic E-state index is 14.6. The first-order chi connectivity index (χ1) is 34.6. The van der Waals surface area contributed by atoms with E-state index in [4.69, 9.17) is 22.3 Å². The second-order valence-electron chi connectivity index (χ2n) is 18.4. The molecule has 3 aromatic rings. The predicted octanol–water partition coefficient (Wildman–Crippen LogP) is 0.246. The lowest BCUT2D eigenvalue weighted by molar-refractivity contribution is -0.144. The number of likely N-dealkylation sites (N-methyl/N-ethyl adjacent to an activating group) is 2. The number of carboxylic acids is 1. The van der Waals surface area contributed by atoms with E-state index in [-0.39, 0.29) is 69.1 Å². The average molecular weight is 1020 g/mol. The minimum Gasteiger partial charge on any atom is -0.508 e. The zero-order valence-electron chi connectivity index (χ0n) is 42.6. The molecule has 7 atom stereocenters. The lowest BCUT2D eigenvalue weighted by atomic mass is 9.98. The molecular formula is C51H74N12O10. The Kier molecular flexibility index (Phi) is 24.8. The van der Waals surface area contributed by atoms with E-state index in [0.29, 0.717) is 24.0 Å². The van der Waals surface area contributed by atoms with Gasteiger partial charge in [-0.3, -0.25) is 48.3 Å². The summed E-state index contributed by atoms with van der Waals surface area (Å²) >= 11 is 0. The number of nitrogens with zero attached hydrogens (tertiary/aromatic N) is 4. The number of carbonyl (C=O) groups is 8. The van der Waals surface area contributed by atoms with Gasteiger partial charge in [0.2, 0.25) is 41.4 Å². The van der Waals surface area contributed by atoms with Gasteiger partial charge in [0.25, 0.3) is 0 Å². The van der Waals surface area contributed by atoms with Gasteiger partial charge in [0.1, 0.15) is 48.5 Å². The number of phenolic OH excluding ortho intramolecular Hbond substituents is 1. The third-order valence-corrected chi connectivity index (χ3v) is 12.0. The van der Waals surface area contributed by atoms with E-state index in [0.717, 1.165) is 10.5 Å². The predicted molar refractivity (Wildman–Crippen MR) is 274 cm³/mol. The first-order valence-corrected chi connectivity index (χ1v) is 24.4. The van der Waals surface area contributed by atoms with Crippen LogP contribution in [0.3, 0.4) is 0 Å². The number of aromatic nitrogens is 1. The number of nitrogens with two attached hydrogens (primary N) is 3. The van der Waals surface area contributed by atoms with Crippen LogP contribution in [0.1, 0.15) is 82.9 Å². The number of rotatable bonds is 30. The molecule has 2 aromatic carbocycles. The normalized spacial score (nSPS) is 13.9. The van der Waals surface area contributed by atoms with Crippen LogP contribution in [0.4, 0.5) is 0 Å². The maximum atomic E-state index is 14.6. The van der Waals surface area contributed by atoms with E-state index < -0.39 is 96.2 Å². The molecule has 0 saturated carbocycles. The number of benzene rings is 2. The van der Waals surface area contributed by atoms with E-state index in [1.807, 2.05) is 26.8 Å². The van der Waals surface area contributed by atoms with Crippen molar-refractivity contribution in [2.45, 2.75) is 128 Å². The highest BCUT2D eigenvalue weighted by molar-refractivity contribution is 5.97. The van der Waals surface area contributed by atoms with Crippen molar-refractivity contribution in [2.75, 3.05) is 27.2 Å². The van der Waals surface area contributed by atoms with Gasteiger partial charge in [-0.1, -0.05) is 82.1 Å².